The predicted octanol–water partition coefficient (Wildman–Crippen LogP) is 0.891. The van der Waals surface area contributed by atoms with Gasteiger partial charge in [0.05, 0.1) is 12.1 Å². The normalized spacial score (nSPS) is 13.4. The van der Waals surface area contributed by atoms with Crippen molar-refractivity contribution in [1.29, 1.82) is 0 Å². The number of hydrogen-bond donors (Lipinski definition) is 2. The second kappa shape index (κ2) is 7.39. The molecule has 0 spiro atoms. The molecular formula is C16H19N9. The van der Waals surface area contributed by atoms with Crippen LogP contribution in [0.25, 0.3) is 11.0 Å². The molecule has 9 heteroatoms. The Kier molecular flexibility index (Phi) is 4.84. The van der Waals surface area contributed by atoms with Crippen LogP contribution >= 0.6 is 0 Å². The Morgan fingerprint density at radius 2 is 2.28 bits per heavy atom. The summed E-state index contributed by atoms with van der Waals surface area (Å²) in [5, 5.41) is 15.6. The standard InChI is InChI=1S/C16H19N9/c1-12(9-24-11-18-10-19-24)20-13(2)21-16(7-8-17)25-15-6-4-3-5-14(15)22-23-25/h3-8,10-12,20H,2,9,17H2,1H3/b8-7-,21-16?/t12-/m1/s1. The first-order valence-corrected chi connectivity index (χ1v) is 7.73. The lowest BCUT2D eigenvalue weighted by atomic mass is 10.3. The van der Waals surface area contributed by atoms with Crippen molar-refractivity contribution in [3.05, 3.63) is 61.6 Å². The minimum absolute atomic E-state index is 0.0635. The van der Waals surface area contributed by atoms with Gasteiger partial charge in [-0.05, 0) is 31.3 Å². The van der Waals surface area contributed by atoms with Gasteiger partial charge in [0.15, 0.2) is 5.84 Å². The fourth-order valence-electron chi connectivity index (χ4n) is 2.39. The topological polar surface area (TPSA) is 112 Å². The fourth-order valence-corrected chi connectivity index (χ4v) is 2.39. The molecule has 25 heavy (non-hydrogen) atoms. The van der Waals surface area contributed by atoms with E-state index in [-0.39, 0.29) is 6.04 Å². The van der Waals surface area contributed by atoms with Crippen molar-refractivity contribution in [3.63, 3.8) is 0 Å². The number of allylic oxidation sites excluding steroid dienone is 1. The van der Waals surface area contributed by atoms with E-state index in [1.165, 1.54) is 12.5 Å². The molecule has 0 aliphatic carbocycles. The fraction of sp³-hybridized carbons (Fsp3) is 0.188. The van der Waals surface area contributed by atoms with Crippen LogP contribution in [0.1, 0.15) is 6.92 Å². The predicted molar refractivity (Wildman–Crippen MR) is 95.4 cm³/mol. The van der Waals surface area contributed by atoms with Crippen molar-refractivity contribution in [2.45, 2.75) is 19.5 Å². The average Bonchev–Trinajstić information content (AvgIpc) is 3.23. The van der Waals surface area contributed by atoms with Crippen LogP contribution in [-0.2, 0) is 6.54 Å². The Labute approximate surface area is 144 Å². The van der Waals surface area contributed by atoms with Crippen LogP contribution in [0.5, 0.6) is 0 Å². The number of nitrogens with two attached hydrogens (primary N) is 1. The number of aromatic nitrogens is 6. The van der Waals surface area contributed by atoms with Gasteiger partial charge >= 0.3 is 0 Å². The summed E-state index contributed by atoms with van der Waals surface area (Å²) in [6, 6.07) is 7.69. The van der Waals surface area contributed by atoms with Crippen LogP contribution in [0.2, 0.25) is 0 Å². The Hall–Kier alpha value is -3.49. The van der Waals surface area contributed by atoms with Crippen molar-refractivity contribution in [2.24, 2.45) is 10.7 Å². The molecule has 0 unspecified atom stereocenters. The minimum Gasteiger partial charge on any atom is -0.404 e. The summed E-state index contributed by atoms with van der Waals surface area (Å²) < 4.78 is 3.36. The first-order valence-electron chi connectivity index (χ1n) is 7.73. The van der Waals surface area contributed by atoms with Gasteiger partial charge in [0.1, 0.15) is 24.0 Å². The molecule has 1 aromatic carbocycles. The second-order valence-corrected chi connectivity index (χ2v) is 5.43. The third-order valence-electron chi connectivity index (χ3n) is 3.40. The van der Waals surface area contributed by atoms with E-state index in [1.807, 2.05) is 31.2 Å². The SMILES string of the molecule is C=C(N=C(/C=C\N)n1nnc2ccccc21)N[C@H](C)Cn1cncn1. The highest BCUT2D eigenvalue weighted by Gasteiger charge is 2.09. The minimum atomic E-state index is 0.0635. The summed E-state index contributed by atoms with van der Waals surface area (Å²) >= 11 is 0. The molecule has 0 aliphatic rings. The van der Waals surface area contributed by atoms with Gasteiger partial charge in [0.2, 0.25) is 0 Å². The van der Waals surface area contributed by atoms with Crippen molar-refractivity contribution >= 4 is 16.9 Å². The molecule has 1 atom stereocenters. The highest BCUT2D eigenvalue weighted by atomic mass is 15.4. The molecule has 2 heterocycles. The number of fused-ring (bicyclic) bond motifs is 1. The number of benzene rings is 1. The van der Waals surface area contributed by atoms with E-state index >= 15 is 0 Å². The van der Waals surface area contributed by atoms with Crippen molar-refractivity contribution < 1.29 is 0 Å². The monoisotopic (exact) mass is 337 g/mol. The van der Waals surface area contributed by atoms with E-state index in [4.69, 9.17) is 5.73 Å². The summed E-state index contributed by atoms with van der Waals surface area (Å²) in [6.45, 7) is 6.60. The molecule has 128 valence electrons. The van der Waals surface area contributed by atoms with Crippen LogP contribution in [0.4, 0.5) is 0 Å². The molecular weight excluding hydrogens is 318 g/mol. The summed E-state index contributed by atoms with van der Waals surface area (Å²) in [4.78, 5) is 8.41. The number of para-hydroxylation sites is 1. The lowest BCUT2D eigenvalue weighted by Crippen LogP contribution is -2.30. The molecule has 3 aromatic rings. The van der Waals surface area contributed by atoms with Crippen LogP contribution in [0.15, 0.2) is 66.6 Å². The molecule has 0 bridgehead atoms. The number of aliphatic imine (C=N–C) groups is 1. The third kappa shape index (κ3) is 3.89. The maximum Gasteiger partial charge on any atom is 0.159 e. The zero-order valence-electron chi connectivity index (χ0n) is 13.8. The summed E-state index contributed by atoms with van der Waals surface area (Å²) in [6.07, 6.45) is 6.21. The van der Waals surface area contributed by atoms with Gasteiger partial charge in [-0.3, -0.25) is 4.68 Å². The van der Waals surface area contributed by atoms with Crippen molar-refractivity contribution in [1.82, 2.24) is 35.1 Å². The molecule has 3 N–H and O–H groups in total. The van der Waals surface area contributed by atoms with E-state index < -0.39 is 0 Å². The quantitative estimate of drug-likeness (QED) is 0.510. The molecule has 9 nitrogen and oxygen atoms in total. The number of nitrogens with zero attached hydrogens (tertiary/aromatic N) is 7. The molecule has 0 fully saturated rings. The molecule has 0 amide bonds. The van der Waals surface area contributed by atoms with Crippen LogP contribution < -0.4 is 11.1 Å². The van der Waals surface area contributed by atoms with Crippen LogP contribution in [-0.4, -0.2) is 41.6 Å². The Morgan fingerprint density at radius 3 is 3.04 bits per heavy atom. The van der Waals surface area contributed by atoms with Gasteiger partial charge in [0, 0.05) is 6.04 Å². The first kappa shape index (κ1) is 16.4. The van der Waals surface area contributed by atoms with E-state index in [0.717, 1.165) is 11.0 Å². The van der Waals surface area contributed by atoms with Gasteiger partial charge in [-0.2, -0.15) is 9.78 Å². The average molecular weight is 337 g/mol. The van der Waals surface area contributed by atoms with Crippen LogP contribution in [0, 0.1) is 0 Å². The molecule has 3 rings (SSSR count). The van der Waals surface area contributed by atoms with Crippen molar-refractivity contribution in [3.8, 4) is 0 Å². The highest BCUT2D eigenvalue weighted by Crippen LogP contribution is 2.10. The first-order chi connectivity index (χ1) is 12.2. The van der Waals surface area contributed by atoms with Gasteiger partial charge in [-0.25, -0.2) is 9.98 Å². The van der Waals surface area contributed by atoms with Crippen molar-refractivity contribution in [2.75, 3.05) is 0 Å². The summed E-state index contributed by atoms with van der Waals surface area (Å²) in [5.41, 5.74) is 7.17. The van der Waals surface area contributed by atoms with E-state index in [1.54, 1.807) is 21.8 Å². The highest BCUT2D eigenvalue weighted by molar-refractivity contribution is 5.99. The Bertz CT molecular complexity index is 905. The maximum absolute atomic E-state index is 5.56. The Morgan fingerprint density at radius 1 is 1.44 bits per heavy atom. The molecule has 0 saturated heterocycles. The lowest BCUT2D eigenvalue weighted by molar-refractivity contribution is 0.482. The summed E-state index contributed by atoms with van der Waals surface area (Å²) in [7, 11) is 0. The largest absolute Gasteiger partial charge is 0.404 e. The lowest BCUT2D eigenvalue weighted by Gasteiger charge is -2.15. The smallest absolute Gasteiger partial charge is 0.159 e. The van der Waals surface area contributed by atoms with E-state index in [9.17, 15) is 0 Å². The molecule has 0 saturated carbocycles. The molecule has 0 radical (unpaired) electrons. The van der Waals surface area contributed by atoms with Gasteiger partial charge in [0.25, 0.3) is 0 Å². The van der Waals surface area contributed by atoms with E-state index in [2.05, 4.69) is 37.3 Å². The Balaban J connectivity index is 1.78. The van der Waals surface area contributed by atoms with E-state index in [0.29, 0.717) is 18.2 Å². The van der Waals surface area contributed by atoms with Gasteiger partial charge in [-0.15, -0.1) is 5.10 Å². The number of nitrogens with one attached hydrogen (secondary N) is 1. The van der Waals surface area contributed by atoms with Gasteiger partial charge in [-0.1, -0.05) is 23.9 Å². The third-order valence-corrected chi connectivity index (χ3v) is 3.40. The maximum atomic E-state index is 5.56. The molecule has 2 aromatic heterocycles. The zero-order chi connectivity index (χ0) is 17.6. The summed E-state index contributed by atoms with van der Waals surface area (Å²) in [5.74, 6) is 1.00. The second-order valence-electron chi connectivity index (χ2n) is 5.43. The molecule has 0 aliphatic heterocycles. The zero-order valence-corrected chi connectivity index (χ0v) is 13.8. The number of hydrogen-bond acceptors (Lipinski definition) is 7. The number of rotatable bonds is 6. The van der Waals surface area contributed by atoms with Crippen LogP contribution in [0.3, 0.4) is 0 Å². The van der Waals surface area contributed by atoms with Gasteiger partial charge < -0.3 is 11.1 Å².